The van der Waals surface area contributed by atoms with Crippen molar-refractivity contribution >= 4 is 11.5 Å². The summed E-state index contributed by atoms with van der Waals surface area (Å²) < 4.78 is 5.44. The molecule has 1 aliphatic carbocycles. The third kappa shape index (κ3) is 1.78. The Bertz CT molecular complexity index is 525. The first kappa shape index (κ1) is 11.3. The van der Waals surface area contributed by atoms with Crippen LogP contribution >= 0.6 is 0 Å². The molecule has 2 aliphatic rings. The third-order valence-corrected chi connectivity index (χ3v) is 3.81. The van der Waals surface area contributed by atoms with Crippen molar-refractivity contribution in [1.82, 2.24) is 0 Å². The highest BCUT2D eigenvalue weighted by Crippen LogP contribution is 2.39. The number of fused-ring (bicyclic) bond motifs is 1. The lowest BCUT2D eigenvalue weighted by Crippen LogP contribution is -2.17. The number of rotatable bonds is 1. The first-order valence-corrected chi connectivity index (χ1v) is 6.41. The second-order valence-electron chi connectivity index (χ2n) is 4.89. The Morgan fingerprint density at radius 2 is 2.06 bits per heavy atom. The number of hydrogen-bond acceptors (Lipinski definition) is 2. The summed E-state index contributed by atoms with van der Waals surface area (Å²) in [6.45, 7) is 2.02. The molecule has 0 radical (unpaired) electrons. The highest BCUT2D eigenvalue weighted by atomic mass is 16.5. The van der Waals surface area contributed by atoms with Crippen LogP contribution in [-0.4, -0.2) is 12.1 Å². The number of benzene rings is 1. The van der Waals surface area contributed by atoms with Gasteiger partial charge in [-0.2, -0.15) is 0 Å². The van der Waals surface area contributed by atoms with Crippen LogP contribution in [0.25, 0.3) is 5.57 Å². The van der Waals surface area contributed by atoms with Crippen LogP contribution in [0.4, 0.5) is 0 Å². The number of carbonyl (C=O) groups is 1. The average molecular weight is 240 g/mol. The normalized spacial score (nSPS) is 28.8. The van der Waals surface area contributed by atoms with Gasteiger partial charge in [0, 0.05) is 11.5 Å². The van der Waals surface area contributed by atoms with E-state index >= 15 is 0 Å². The van der Waals surface area contributed by atoms with Gasteiger partial charge in [0.05, 0.1) is 0 Å². The van der Waals surface area contributed by atoms with Crippen LogP contribution < -0.4 is 0 Å². The van der Waals surface area contributed by atoms with Gasteiger partial charge in [-0.25, -0.2) is 4.79 Å². The highest BCUT2D eigenvalue weighted by Gasteiger charge is 2.40. The van der Waals surface area contributed by atoms with E-state index in [1.165, 1.54) is 0 Å². The Hall–Kier alpha value is -1.83. The van der Waals surface area contributed by atoms with Crippen LogP contribution in [0, 0.1) is 5.92 Å². The zero-order valence-electron chi connectivity index (χ0n) is 10.4. The van der Waals surface area contributed by atoms with Gasteiger partial charge in [-0.1, -0.05) is 36.4 Å². The van der Waals surface area contributed by atoms with Gasteiger partial charge < -0.3 is 4.74 Å². The summed E-state index contributed by atoms with van der Waals surface area (Å²) in [5.41, 5.74) is 3.04. The van der Waals surface area contributed by atoms with E-state index in [1.807, 2.05) is 43.3 Å². The molecule has 2 atom stereocenters. The zero-order valence-corrected chi connectivity index (χ0v) is 10.4. The number of ether oxygens (including phenoxy) is 1. The first-order chi connectivity index (χ1) is 8.77. The lowest BCUT2D eigenvalue weighted by molar-refractivity contribution is -0.137. The van der Waals surface area contributed by atoms with E-state index in [4.69, 9.17) is 4.74 Å². The van der Waals surface area contributed by atoms with Gasteiger partial charge in [-0.3, -0.25) is 0 Å². The minimum atomic E-state index is -0.141. The fourth-order valence-corrected chi connectivity index (χ4v) is 2.85. The molecule has 1 aromatic rings. The molecule has 2 heteroatoms. The minimum absolute atomic E-state index is 0.0417. The van der Waals surface area contributed by atoms with Crippen molar-refractivity contribution in [3.05, 3.63) is 53.6 Å². The van der Waals surface area contributed by atoms with E-state index in [2.05, 4.69) is 6.08 Å². The van der Waals surface area contributed by atoms with Crippen LogP contribution in [0.15, 0.2) is 48.1 Å². The Labute approximate surface area is 107 Å². The van der Waals surface area contributed by atoms with Crippen molar-refractivity contribution in [3.63, 3.8) is 0 Å². The van der Waals surface area contributed by atoms with Crippen LogP contribution in [-0.2, 0) is 9.53 Å². The van der Waals surface area contributed by atoms with Gasteiger partial charge in [-0.05, 0) is 37.0 Å². The standard InChI is InChI=1S/C16H16O2/c1-11(12-7-3-2-4-8-12)15-13-9-5-6-10-14(13)18-16(15)17/h2-4,6-8,10,13-14H,5,9H2,1H3/b15-11-/t13-,14+/m0/s1. The van der Waals surface area contributed by atoms with E-state index in [0.29, 0.717) is 0 Å². The van der Waals surface area contributed by atoms with Gasteiger partial charge in [-0.15, -0.1) is 0 Å². The van der Waals surface area contributed by atoms with Crippen LogP contribution in [0.1, 0.15) is 25.3 Å². The molecule has 1 saturated heterocycles. The van der Waals surface area contributed by atoms with Crippen molar-refractivity contribution < 1.29 is 9.53 Å². The Morgan fingerprint density at radius 3 is 2.83 bits per heavy atom. The van der Waals surface area contributed by atoms with Gasteiger partial charge in [0.15, 0.2) is 0 Å². The van der Waals surface area contributed by atoms with E-state index < -0.39 is 0 Å². The molecule has 0 aromatic heterocycles. The predicted octanol–water partition coefficient (Wildman–Crippen LogP) is 3.35. The van der Waals surface area contributed by atoms with Crippen LogP contribution in [0.5, 0.6) is 0 Å². The molecule has 92 valence electrons. The van der Waals surface area contributed by atoms with Gasteiger partial charge in [0.25, 0.3) is 0 Å². The first-order valence-electron chi connectivity index (χ1n) is 6.41. The monoisotopic (exact) mass is 240 g/mol. The van der Waals surface area contributed by atoms with E-state index in [9.17, 15) is 4.79 Å². The molecule has 0 spiro atoms. The van der Waals surface area contributed by atoms with E-state index in [1.54, 1.807) is 0 Å². The second kappa shape index (κ2) is 4.45. The van der Waals surface area contributed by atoms with Crippen molar-refractivity contribution in [2.24, 2.45) is 5.92 Å². The molecular weight excluding hydrogens is 224 g/mol. The van der Waals surface area contributed by atoms with Crippen LogP contribution in [0.2, 0.25) is 0 Å². The van der Waals surface area contributed by atoms with Crippen LogP contribution in [0.3, 0.4) is 0 Å². The summed E-state index contributed by atoms with van der Waals surface area (Å²) >= 11 is 0. The van der Waals surface area contributed by atoms with E-state index in [0.717, 1.165) is 29.6 Å². The molecule has 0 bridgehead atoms. The molecule has 1 aliphatic heterocycles. The molecule has 0 N–H and O–H groups in total. The maximum absolute atomic E-state index is 12.0. The summed E-state index contributed by atoms with van der Waals surface area (Å²) in [6, 6.07) is 10.1. The van der Waals surface area contributed by atoms with Gasteiger partial charge in [0.2, 0.25) is 0 Å². The zero-order chi connectivity index (χ0) is 12.5. The highest BCUT2D eigenvalue weighted by molar-refractivity contribution is 6.00. The molecular formula is C16H16O2. The molecule has 2 nitrogen and oxygen atoms in total. The van der Waals surface area contributed by atoms with Crippen molar-refractivity contribution in [2.75, 3.05) is 0 Å². The lowest BCUT2D eigenvalue weighted by atomic mass is 9.84. The minimum Gasteiger partial charge on any atom is -0.454 e. The second-order valence-corrected chi connectivity index (χ2v) is 4.89. The van der Waals surface area contributed by atoms with E-state index in [-0.39, 0.29) is 18.0 Å². The Balaban J connectivity index is 2.05. The maximum Gasteiger partial charge on any atom is 0.335 e. The molecule has 1 heterocycles. The average Bonchev–Trinajstić information content (AvgIpc) is 2.75. The van der Waals surface area contributed by atoms with Crippen molar-refractivity contribution in [2.45, 2.75) is 25.9 Å². The SMILES string of the molecule is C/C(=C1/C(=O)O[C@@H]2C=CCC[C@H]12)c1ccccc1. The molecule has 0 saturated carbocycles. The molecule has 3 rings (SSSR count). The summed E-state index contributed by atoms with van der Waals surface area (Å²) in [7, 11) is 0. The quantitative estimate of drug-likeness (QED) is 0.427. The molecule has 0 unspecified atom stereocenters. The molecule has 18 heavy (non-hydrogen) atoms. The number of hydrogen-bond donors (Lipinski definition) is 0. The molecule has 1 fully saturated rings. The predicted molar refractivity (Wildman–Crippen MR) is 70.8 cm³/mol. The summed E-state index contributed by atoms with van der Waals surface area (Å²) in [5, 5.41) is 0. The summed E-state index contributed by atoms with van der Waals surface area (Å²) in [6.07, 6.45) is 6.13. The largest absolute Gasteiger partial charge is 0.454 e. The summed E-state index contributed by atoms with van der Waals surface area (Å²) in [5.74, 6) is 0.0978. The fraction of sp³-hybridized carbons (Fsp3) is 0.312. The van der Waals surface area contributed by atoms with Gasteiger partial charge in [0.1, 0.15) is 6.10 Å². The van der Waals surface area contributed by atoms with Gasteiger partial charge >= 0.3 is 5.97 Å². The lowest BCUT2D eigenvalue weighted by Gasteiger charge is -2.18. The maximum atomic E-state index is 12.0. The van der Waals surface area contributed by atoms with Crippen molar-refractivity contribution in [1.29, 1.82) is 0 Å². The summed E-state index contributed by atoms with van der Waals surface area (Å²) in [4.78, 5) is 12.0. The smallest absolute Gasteiger partial charge is 0.335 e. The number of allylic oxidation sites excluding steroid dienone is 2. The third-order valence-electron chi connectivity index (χ3n) is 3.81. The topological polar surface area (TPSA) is 26.3 Å². The molecule has 0 amide bonds. The fourth-order valence-electron chi connectivity index (χ4n) is 2.85. The van der Waals surface area contributed by atoms with Crippen molar-refractivity contribution in [3.8, 4) is 0 Å². The Kier molecular flexibility index (Phi) is 2.78. The number of carbonyl (C=O) groups excluding carboxylic acids is 1. The Morgan fingerprint density at radius 1 is 1.28 bits per heavy atom. The number of esters is 1. The molecule has 1 aromatic carbocycles.